The lowest BCUT2D eigenvalue weighted by molar-refractivity contribution is 0.509. The molecule has 0 amide bonds. The van der Waals surface area contributed by atoms with Crippen molar-refractivity contribution in [3.8, 4) is 0 Å². The van der Waals surface area contributed by atoms with E-state index >= 15 is 0 Å². The summed E-state index contributed by atoms with van der Waals surface area (Å²) in [5, 5.41) is 3.39. The van der Waals surface area contributed by atoms with Crippen molar-refractivity contribution in [1.82, 2.24) is 5.32 Å². The number of unbranched alkanes of at least 4 members (excludes halogenated alkanes) is 1. The smallest absolute Gasteiger partial charge is 0.0375 e. The van der Waals surface area contributed by atoms with Gasteiger partial charge in [0.05, 0.1) is 0 Å². The van der Waals surface area contributed by atoms with Crippen molar-refractivity contribution in [3.05, 3.63) is 0 Å². The molecule has 0 radical (unpaired) electrons. The van der Waals surface area contributed by atoms with Crippen LogP contribution in [0.25, 0.3) is 0 Å². The van der Waals surface area contributed by atoms with Crippen LogP contribution in [0.4, 0.5) is 0 Å². The molecule has 0 saturated carbocycles. The van der Waals surface area contributed by atoms with Crippen molar-refractivity contribution in [2.24, 2.45) is 0 Å². The molecule has 92 valence electrons. The number of nitrogens with one attached hydrogen (secondary N) is 1. The Morgan fingerprint density at radius 1 is 1.27 bits per heavy atom. The molecule has 0 bridgehead atoms. The molecule has 0 aliphatic carbocycles. The zero-order valence-corrected chi connectivity index (χ0v) is 11.7. The lowest BCUT2D eigenvalue weighted by Crippen LogP contribution is -2.26. The van der Waals surface area contributed by atoms with E-state index in [1.54, 1.807) is 0 Å². The fourth-order valence-electron chi connectivity index (χ4n) is 1.44. The molecule has 1 N–H and O–H groups in total. The topological polar surface area (TPSA) is 29.1 Å². The first kappa shape index (κ1) is 15.1. The fourth-order valence-corrected chi connectivity index (χ4v) is 2.52. The van der Waals surface area contributed by atoms with Crippen LogP contribution in [0, 0.1) is 0 Å². The molecule has 0 aromatic carbocycles. The van der Waals surface area contributed by atoms with Crippen molar-refractivity contribution >= 4 is 10.8 Å². The molecule has 2 unspecified atom stereocenters. The van der Waals surface area contributed by atoms with Gasteiger partial charge in [-0.05, 0) is 47.1 Å². The minimum atomic E-state index is -0.676. The molecule has 0 fully saturated rings. The van der Waals surface area contributed by atoms with Gasteiger partial charge in [0.2, 0.25) is 0 Å². The highest BCUT2D eigenvalue weighted by Crippen LogP contribution is 2.13. The van der Waals surface area contributed by atoms with Gasteiger partial charge in [-0.25, -0.2) is 0 Å². The summed E-state index contributed by atoms with van der Waals surface area (Å²) in [6.45, 7) is 11.5. The molecule has 0 aromatic rings. The third kappa shape index (κ3) is 7.97. The number of rotatable bonds is 7. The maximum atomic E-state index is 11.7. The first-order valence-corrected chi connectivity index (χ1v) is 7.31. The SMILES string of the molecule is CCNC(C)CCCCS(=O)C(C)(C)C. The largest absolute Gasteiger partial charge is 0.315 e. The Bertz CT molecular complexity index is 187. The van der Waals surface area contributed by atoms with E-state index in [1.807, 2.05) is 20.8 Å². The number of hydrogen-bond donors (Lipinski definition) is 1. The van der Waals surface area contributed by atoms with Crippen molar-refractivity contribution in [3.63, 3.8) is 0 Å². The molecule has 0 aliphatic heterocycles. The van der Waals surface area contributed by atoms with E-state index in [1.165, 1.54) is 12.8 Å². The highest BCUT2D eigenvalue weighted by molar-refractivity contribution is 7.86. The lowest BCUT2D eigenvalue weighted by Gasteiger charge is -2.18. The van der Waals surface area contributed by atoms with Gasteiger partial charge >= 0.3 is 0 Å². The Balaban J connectivity index is 3.51. The quantitative estimate of drug-likeness (QED) is 0.685. The lowest BCUT2D eigenvalue weighted by atomic mass is 10.1. The van der Waals surface area contributed by atoms with Crippen LogP contribution < -0.4 is 5.32 Å². The van der Waals surface area contributed by atoms with Gasteiger partial charge in [-0.15, -0.1) is 0 Å². The molecule has 2 atom stereocenters. The molecule has 0 aliphatic rings. The standard InChI is InChI=1S/C12H27NOS/c1-6-13-11(2)9-7-8-10-15(14)12(3,4)5/h11,13H,6-10H2,1-5H3. The Morgan fingerprint density at radius 2 is 1.87 bits per heavy atom. The van der Waals surface area contributed by atoms with Crippen LogP contribution in [0.3, 0.4) is 0 Å². The van der Waals surface area contributed by atoms with Gasteiger partial charge in [-0.3, -0.25) is 4.21 Å². The highest BCUT2D eigenvalue weighted by Gasteiger charge is 2.18. The summed E-state index contributed by atoms with van der Waals surface area (Å²) in [6, 6.07) is 0.595. The predicted octanol–water partition coefficient (Wildman–Crippen LogP) is 2.70. The molecule has 0 aromatic heterocycles. The Hall–Kier alpha value is 0.110. The zero-order valence-electron chi connectivity index (χ0n) is 10.9. The van der Waals surface area contributed by atoms with Gasteiger partial charge in [0.15, 0.2) is 0 Å². The van der Waals surface area contributed by atoms with Gasteiger partial charge < -0.3 is 5.32 Å². The zero-order chi connectivity index (χ0) is 11.9. The molecule has 15 heavy (non-hydrogen) atoms. The van der Waals surface area contributed by atoms with Crippen molar-refractivity contribution in [2.75, 3.05) is 12.3 Å². The summed E-state index contributed by atoms with van der Waals surface area (Å²) in [5.41, 5.74) is 0. The second kappa shape index (κ2) is 7.39. The Morgan fingerprint density at radius 3 is 2.33 bits per heavy atom. The van der Waals surface area contributed by atoms with E-state index in [0.717, 1.165) is 18.7 Å². The maximum absolute atomic E-state index is 11.7. The van der Waals surface area contributed by atoms with E-state index in [4.69, 9.17) is 0 Å². The average molecular weight is 233 g/mol. The summed E-state index contributed by atoms with van der Waals surface area (Å²) in [4.78, 5) is 0. The van der Waals surface area contributed by atoms with Crippen LogP contribution in [0.2, 0.25) is 0 Å². The van der Waals surface area contributed by atoms with Gasteiger partial charge in [-0.1, -0.05) is 13.3 Å². The van der Waals surface area contributed by atoms with E-state index in [9.17, 15) is 4.21 Å². The molecule has 0 rings (SSSR count). The molecule has 0 spiro atoms. The second-order valence-electron chi connectivity index (χ2n) is 5.12. The maximum Gasteiger partial charge on any atom is 0.0375 e. The van der Waals surface area contributed by atoms with Crippen molar-refractivity contribution < 1.29 is 4.21 Å². The Kier molecular flexibility index (Phi) is 7.45. The van der Waals surface area contributed by atoms with E-state index in [2.05, 4.69) is 19.2 Å². The van der Waals surface area contributed by atoms with E-state index in [0.29, 0.717) is 6.04 Å². The minimum Gasteiger partial charge on any atom is -0.315 e. The van der Waals surface area contributed by atoms with Crippen molar-refractivity contribution in [1.29, 1.82) is 0 Å². The van der Waals surface area contributed by atoms with Gasteiger partial charge in [0.1, 0.15) is 0 Å². The van der Waals surface area contributed by atoms with Gasteiger partial charge in [0, 0.05) is 27.3 Å². The van der Waals surface area contributed by atoms with E-state index in [-0.39, 0.29) is 4.75 Å². The normalized spacial score (nSPS) is 16.3. The van der Waals surface area contributed by atoms with Crippen LogP contribution >= 0.6 is 0 Å². The predicted molar refractivity (Wildman–Crippen MR) is 69.8 cm³/mol. The Labute approximate surface area is 97.7 Å². The van der Waals surface area contributed by atoms with Crippen LogP contribution in [-0.4, -0.2) is 27.3 Å². The van der Waals surface area contributed by atoms with Gasteiger partial charge in [0.25, 0.3) is 0 Å². The molecule has 0 saturated heterocycles. The molecular formula is C12H27NOS. The first-order chi connectivity index (χ1) is 6.88. The molecular weight excluding hydrogens is 206 g/mol. The monoisotopic (exact) mass is 233 g/mol. The first-order valence-electron chi connectivity index (χ1n) is 5.99. The second-order valence-corrected chi connectivity index (χ2v) is 7.44. The summed E-state index contributed by atoms with van der Waals surface area (Å²) >= 11 is 0. The highest BCUT2D eigenvalue weighted by atomic mass is 32.2. The number of hydrogen-bond acceptors (Lipinski definition) is 2. The minimum absolute atomic E-state index is 0.0483. The van der Waals surface area contributed by atoms with Crippen LogP contribution in [0.5, 0.6) is 0 Å². The fraction of sp³-hybridized carbons (Fsp3) is 1.00. The summed E-state index contributed by atoms with van der Waals surface area (Å²) in [6.07, 6.45) is 3.45. The summed E-state index contributed by atoms with van der Waals surface area (Å²) in [7, 11) is -0.676. The summed E-state index contributed by atoms with van der Waals surface area (Å²) < 4.78 is 11.7. The van der Waals surface area contributed by atoms with Crippen LogP contribution in [-0.2, 0) is 10.8 Å². The molecule has 2 nitrogen and oxygen atoms in total. The molecule has 3 heteroatoms. The van der Waals surface area contributed by atoms with Crippen LogP contribution in [0.1, 0.15) is 53.9 Å². The molecule has 0 heterocycles. The van der Waals surface area contributed by atoms with Crippen LogP contribution in [0.15, 0.2) is 0 Å². The third-order valence-corrected chi connectivity index (χ3v) is 4.48. The van der Waals surface area contributed by atoms with Gasteiger partial charge in [-0.2, -0.15) is 0 Å². The average Bonchev–Trinajstić information content (AvgIpc) is 2.11. The summed E-state index contributed by atoms with van der Waals surface area (Å²) in [5.74, 6) is 0.850. The van der Waals surface area contributed by atoms with E-state index < -0.39 is 10.8 Å². The third-order valence-electron chi connectivity index (χ3n) is 2.45. The van der Waals surface area contributed by atoms with Crippen molar-refractivity contribution in [2.45, 2.75) is 64.7 Å².